The van der Waals surface area contributed by atoms with Crippen molar-refractivity contribution in [2.24, 2.45) is 4.99 Å². The van der Waals surface area contributed by atoms with Gasteiger partial charge in [0.1, 0.15) is 0 Å². The number of aliphatic imine (C=N–C) groups is 1. The van der Waals surface area contributed by atoms with E-state index in [1.54, 1.807) is 12.4 Å². The highest BCUT2D eigenvalue weighted by atomic mass is 16.3. The lowest BCUT2D eigenvalue weighted by atomic mass is 10.1. The average molecular weight is 382 g/mol. The number of aromatic nitrogens is 1. The van der Waals surface area contributed by atoms with E-state index in [2.05, 4.69) is 55.8 Å². The molecule has 1 aliphatic heterocycles. The van der Waals surface area contributed by atoms with Gasteiger partial charge in [-0.1, -0.05) is 30.3 Å². The van der Waals surface area contributed by atoms with Crippen molar-refractivity contribution in [1.82, 2.24) is 20.5 Å². The summed E-state index contributed by atoms with van der Waals surface area (Å²) in [4.78, 5) is 11.1. The van der Waals surface area contributed by atoms with Crippen molar-refractivity contribution in [2.45, 2.75) is 38.5 Å². The molecule has 0 radical (unpaired) electrons. The van der Waals surface area contributed by atoms with E-state index in [1.807, 2.05) is 19.1 Å². The van der Waals surface area contributed by atoms with E-state index in [4.69, 9.17) is 0 Å². The Labute approximate surface area is 167 Å². The minimum Gasteiger partial charge on any atom is -0.386 e. The van der Waals surface area contributed by atoms with Crippen LogP contribution in [0.2, 0.25) is 0 Å². The number of rotatable bonds is 8. The summed E-state index contributed by atoms with van der Waals surface area (Å²) in [5.74, 6) is 0.752. The van der Waals surface area contributed by atoms with Gasteiger partial charge in [-0.2, -0.15) is 0 Å². The van der Waals surface area contributed by atoms with Gasteiger partial charge in [0.15, 0.2) is 5.96 Å². The van der Waals surface area contributed by atoms with Crippen molar-refractivity contribution in [3.63, 3.8) is 0 Å². The van der Waals surface area contributed by atoms with E-state index >= 15 is 0 Å². The van der Waals surface area contributed by atoms with Gasteiger partial charge in [-0.15, -0.1) is 0 Å². The van der Waals surface area contributed by atoms with Crippen LogP contribution in [0.1, 0.15) is 37.0 Å². The molecule has 0 aliphatic carbocycles. The second-order valence-electron chi connectivity index (χ2n) is 7.15. The molecule has 0 amide bonds. The molecule has 28 heavy (non-hydrogen) atoms. The molecule has 0 saturated carbocycles. The summed E-state index contributed by atoms with van der Waals surface area (Å²) in [5, 5.41) is 17.1. The van der Waals surface area contributed by atoms with Crippen LogP contribution in [0.5, 0.6) is 0 Å². The first kappa shape index (κ1) is 20.3. The third-order valence-corrected chi connectivity index (χ3v) is 5.09. The number of likely N-dealkylation sites (tertiary alicyclic amines) is 1. The highest BCUT2D eigenvalue weighted by Gasteiger charge is 2.24. The molecule has 150 valence electrons. The van der Waals surface area contributed by atoms with Gasteiger partial charge in [0.25, 0.3) is 0 Å². The number of nitrogens with zero attached hydrogens (tertiary/aromatic N) is 3. The quantitative estimate of drug-likeness (QED) is 0.484. The molecule has 1 fully saturated rings. The number of hydrogen-bond donors (Lipinski definition) is 3. The lowest BCUT2D eigenvalue weighted by molar-refractivity contribution is 0.187. The Morgan fingerprint density at radius 3 is 2.75 bits per heavy atom. The van der Waals surface area contributed by atoms with Crippen molar-refractivity contribution in [2.75, 3.05) is 26.2 Å². The van der Waals surface area contributed by atoms with Crippen LogP contribution in [0.25, 0.3) is 0 Å². The van der Waals surface area contributed by atoms with Crippen LogP contribution in [0.4, 0.5) is 0 Å². The van der Waals surface area contributed by atoms with Crippen molar-refractivity contribution < 1.29 is 5.11 Å². The predicted octanol–water partition coefficient (Wildman–Crippen LogP) is 2.33. The maximum absolute atomic E-state index is 10.3. The number of guanidine groups is 1. The molecule has 2 unspecified atom stereocenters. The second-order valence-corrected chi connectivity index (χ2v) is 7.15. The minimum absolute atomic E-state index is 0.317. The highest BCUT2D eigenvalue weighted by Crippen LogP contribution is 2.19. The third-order valence-electron chi connectivity index (χ3n) is 5.09. The lowest BCUT2D eigenvalue weighted by Crippen LogP contribution is -2.44. The zero-order chi connectivity index (χ0) is 19.6. The molecule has 3 N–H and O–H groups in total. The Morgan fingerprint density at radius 2 is 2.00 bits per heavy atom. The number of benzene rings is 1. The fraction of sp³-hybridized carbons (Fsp3) is 0.455. The molecule has 1 aromatic carbocycles. The Balaban J connectivity index is 1.53. The molecule has 3 rings (SSSR count). The molecular formula is C22H31N5O. The van der Waals surface area contributed by atoms with Crippen LogP contribution >= 0.6 is 0 Å². The summed E-state index contributed by atoms with van der Waals surface area (Å²) in [7, 11) is 0. The van der Waals surface area contributed by atoms with Gasteiger partial charge in [-0.25, -0.2) is 0 Å². The Morgan fingerprint density at radius 1 is 1.21 bits per heavy atom. The fourth-order valence-corrected chi connectivity index (χ4v) is 3.58. The van der Waals surface area contributed by atoms with E-state index in [0.29, 0.717) is 12.6 Å². The van der Waals surface area contributed by atoms with Gasteiger partial charge in [0.2, 0.25) is 0 Å². The van der Waals surface area contributed by atoms with Gasteiger partial charge in [-0.3, -0.25) is 14.9 Å². The van der Waals surface area contributed by atoms with Gasteiger partial charge < -0.3 is 15.7 Å². The van der Waals surface area contributed by atoms with E-state index in [-0.39, 0.29) is 0 Å². The standard InChI is InChI=1S/C22H31N5O/c1-2-24-22(26-16-21(28)19-10-12-23-13-11-19)25-15-20-9-6-14-27(20)17-18-7-4-3-5-8-18/h3-5,7-8,10-13,20-21,28H,2,6,9,14-17H2,1H3,(H2,24,25,26). The molecule has 1 saturated heterocycles. The summed E-state index contributed by atoms with van der Waals surface area (Å²) >= 11 is 0. The molecule has 1 aliphatic rings. The van der Waals surface area contributed by atoms with Crippen molar-refractivity contribution in [3.05, 3.63) is 66.0 Å². The smallest absolute Gasteiger partial charge is 0.191 e. The number of pyridine rings is 1. The molecule has 6 nitrogen and oxygen atoms in total. The third kappa shape index (κ3) is 6.04. The van der Waals surface area contributed by atoms with Crippen LogP contribution in [0.15, 0.2) is 59.9 Å². The first-order valence-corrected chi connectivity index (χ1v) is 10.1. The van der Waals surface area contributed by atoms with E-state index in [9.17, 15) is 5.11 Å². The summed E-state index contributed by atoms with van der Waals surface area (Å²) in [6.45, 7) is 6.13. The maximum Gasteiger partial charge on any atom is 0.191 e. The van der Waals surface area contributed by atoms with E-state index in [1.165, 1.54) is 18.4 Å². The molecule has 2 aromatic rings. The molecule has 0 spiro atoms. The van der Waals surface area contributed by atoms with Crippen LogP contribution in [0.3, 0.4) is 0 Å². The lowest BCUT2D eigenvalue weighted by Gasteiger charge is -2.25. The van der Waals surface area contributed by atoms with Crippen molar-refractivity contribution in [1.29, 1.82) is 0 Å². The Bertz CT molecular complexity index is 722. The zero-order valence-corrected chi connectivity index (χ0v) is 16.6. The second kappa shape index (κ2) is 10.8. The van der Waals surface area contributed by atoms with E-state index < -0.39 is 6.10 Å². The Kier molecular flexibility index (Phi) is 7.82. The van der Waals surface area contributed by atoms with Gasteiger partial charge >= 0.3 is 0 Å². The monoisotopic (exact) mass is 381 g/mol. The normalized spacial score (nSPS) is 18.8. The van der Waals surface area contributed by atoms with Gasteiger partial charge in [-0.05, 0) is 49.6 Å². The van der Waals surface area contributed by atoms with Crippen LogP contribution in [-0.2, 0) is 6.54 Å². The summed E-state index contributed by atoms with van der Waals surface area (Å²) in [6, 6.07) is 14.8. The van der Waals surface area contributed by atoms with Crippen LogP contribution in [-0.4, -0.2) is 53.2 Å². The number of aliphatic hydroxyl groups is 1. The SMILES string of the molecule is CCNC(=NCC(O)c1ccncc1)NCC1CCCN1Cc1ccccc1. The van der Waals surface area contributed by atoms with Crippen LogP contribution < -0.4 is 10.6 Å². The maximum atomic E-state index is 10.3. The number of hydrogen-bond acceptors (Lipinski definition) is 4. The molecule has 2 atom stereocenters. The average Bonchev–Trinajstić information content (AvgIpc) is 3.18. The summed E-state index contributed by atoms with van der Waals surface area (Å²) < 4.78 is 0. The zero-order valence-electron chi connectivity index (χ0n) is 16.6. The number of nitrogens with one attached hydrogen (secondary N) is 2. The van der Waals surface area contributed by atoms with Crippen molar-refractivity contribution >= 4 is 5.96 Å². The predicted molar refractivity (Wildman–Crippen MR) is 113 cm³/mol. The number of aliphatic hydroxyl groups excluding tert-OH is 1. The molecule has 0 bridgehead atoms. The fourth-order valence-electron chi connectivity index (χ4n) is 3.58. The topological polar surface area (TPSA) is 72.8 Å². The van der Waals surface area contributed by atoms with E-state index in [0.717, 1.165) is 37.7 Å². The summed E-state index contributed by atoms with van der Waals surface area (Å²) in [5.41, 5.74) is 2.19. The first-order valence-electron chi connectivity index (χ1n) is 10.1. The molecular weight excluding hydrogens is 350 g/mol. The molecule has 6 heteroatoms. The highest BCUT2D eigenvalue weighted by molar-refractivity contribution is 5.79. The Hall–Kier alpha value is -2.44. The largest absolute Gasteiger partial charge is 0.386 e. The molecule has 1 aromatic heterocycles. The molecule has 2 heterocycles. The summed E-state index contributed by atoms with van der Waals surface area (Å²) in [6.07, 6.45) is 5.17. The minimum atomic E-state index is -0.625. The van der Waals surface area contributed by atoms with Gasteiger partial charge in [0, 0.05) is 38.1 Å². The van der Waals surface area contributed by atoms with Crippen LogP contribution in [0, 0.1) is 0 Å². The van der Waals surface area contributed by atoms with Gasteiger partial charge in [0.05, 0.1) is 12.6 Å². The first-order chi connectivity index (χ1) is 13.8. The van der Waals surface area contributed by atoms with Crippen molar-refractivity contribution in [3.8, 4) is 0 Å².